The first-order chi connectivity index (χ1) is 16.6. The van der Waals surface area contributed by atoms with Gasteiger partial charge in [-0.05, 0) is 118 Å². The average Bonchev–Trinajstić information content (AvgIpc) is 2.88. The Bertz CT molecular complexity index is 802. The summed E-state index contributed by atoms with van der Waals surface area (Å²) in [4.78, 5) is 0. The number of unbranched alkanes of at least 4 members (excludes halogenated alkanes) is 2. The van der Waals surface area contributed by atoms with Gasteiger partial charge in [0, 0.05) is 0 Å². The first kappa shape index (κ1) is 26.1. The molecule has 0 aliphatic heterocycles. The van der Waals surface area contributed by atoms with E-state index in [9.17, 15) is 4.39 Å². The maximum atomic E-state index is 14.6. The van der Waals surface area contributed by atoms with Crippen molar-refractivity contribution >= 4 is 17.2 Å². The molecule has 0 aromatic heterocycles. The van der Waals surface area contributed by atoms with Gasteiger partial charge < -0.3 is 4.74 Å². The van der Waals surface area contributed by atoms with Gasteiger partial charge in [-0.25, -0.2) is 4.39 Å². The van der Waals surface area contributed by atoms with Crippen molar-refractivity contribution in [2.75, 3.05) is 6.61 Å². The Morgan fingerprint density at radius 3 is 2.09 bits per heavy atom. The first-order valence-corrected chi connectivity index (χ1v) is 14.8. The summed E-state index contributed by atoms with van der Waals surface area (Å²) in [5.41, 5.74) is 2.07. The van der Waals surface area contributed by atoms with Gasteiger partial charge in [-0.1, -0.05) is 63.1 Å². The van der Waals surface area contributed by atoms with Crippen LogP contribution in [0.1, 0.15) is 116 Å². The maximum Gasteiger partial charge on any atom is 0.184 e. The molecule has 34 heavy (non-hydrogen) atoms. The van der Waals surface area contributed by atoms with E-state index in [1.807, 2.05) is 13.0 Å². The summed E-state index contributed by atoms with van der Waals surface area (Å²) in [7, 11) is 0. The van der Waals surface area contributed by atoms with E-state index in [2.05, 4.69) is 13.0 Å². The van der Waals surface area contributed by atoms with E-state index in [-0.39, 0.29) is 10.8 Å². The van der Waals surface area contributed by atoms with Gasteiger partial charge in [0.2, 0.25) is 0 Å². The summed E-state index contributed by atoms with van der Waals surface area (Å²) < 4.78 is 19.9. The molecule has 0 bridgehead atoms. The summed E-state index contributed by atoms with van der Waals surface area (Å²) in [6.07, 6.45) is 23.2. The van der Waals surface area contributed by atoms with Gasteiger partial charge >= 0.3 is 0 Å². The van der Waals surface area contributed by atoms with Gasteiger partial charge in [-0.3, -0.25) is 0 Å². The van der Waals surface area contributed by atoms with Crippen LogP contribution in [-0.2, 0) is 0 Å². The second kappa shape index (κ2) is 12.8. The number of ether oxygens (including phenoxy) is 1. The van der Waals surface area contributed by atoms with Crippen LogP contribution in [0.25, 0.3) is 5.57 Å². The fourth-order valence-electron chi connectivity index (χ4n) is 7.29. The quantitative estimate of drug-likeness (QED) is 0.314. The normalized spacial score (nSPS) is 30.1. The topological polar surface area (TPSA) is 9.23 Å². The van der Waals surface area contributed by atoms with Crippen LogP contribution >= 0.6 is 11.6 Å². The van der Waals surface area contributed by atoms with Crippen LogP contribution in [0, 0.1) is 35.4 Å². The number of hydrogen-bond donors (Lipinski definition) is 0. The van der Waals surface area contributed by atoms with Crippen molar-refractivity contribution in [3.05, 3.63) is 34.6 Å². The van der Waals surface area contributed by atoms with Gasteiger partial charge in [0.25, 0.3) is 0 Å². The molecule has 0 N–H and O–H groups in total. The van der Waals surface area contributed by atoms with Crippen molar-refractivity contribution < 1.29 is 9.13 Å². The minimum absolute atomic E-state index is 0.219. The average molecular weight is 489 g/mol. The lowest BCUT2D eigenvalue weighted by Crippen LogP contribution is -2.28. The highest BCUT2D eigenvalue weighted by molar-refractivity contribution is 6.32. The lowest BCUT2D eigenvalue weighted by atomic mass is 9.65. The third-order valence-corrected chi connectivity index (χ3v) is 9.77. The molecule has 3 heteroatoms. The molecule has 0 radical (unpaired) electrons. The van der Waals surface area contributed by atoms with Gasteiger partial charge in [-0.15, -0.1) is 0 Å². The number of benzene rings is 1. The van der Waals surface area contributed by atoms with E-state index < -0.39 is 5.82 Å². The zero-order valence-electron chi connectivity index (χ0n) is 21.6. The monoisotopic (exact) mass is 488 g/mol. The van der Waals surface area contributed by atoms with Gasteiger partial charge in [-0.2, -0.15) is 0 Å². The highest BCUT2D eigenvalue weighted by atomic mass is 35.5. The Morgan fingerprint density at radius 1 is 0.853 bits per heavy atom. The Balaban J connectivity index is 1.23. The molecule has 0 amide bonds. The van der Waals surface area contributed by atoms with E-state index in [4.69, 9.17) is 16.3 Å². The summed E-state index contributed by atoms with van der Waals surface area (Å²) in [6.45, 7) is 4.62. The number of halogens is 2. The maximum absolute atomic E-state index is 14.6. The molecule has 3 aliphatic carbocycles. The van der Waals surface area contributed by atoms with Crippen molar-refractivity contribution in [1.82, 2.24) is 0 Å². The molecule has 190 valence electrons. The minimum Gasteiger partial charge on any atom is -0.491 e. The molecule has 0 spiro atoms. The number of hydrogen-bond acceptors (Lipinski definition) is 1. The lowest BCUT2D eigenvalue weighted by molar-refractivity contribution is 0.120. The Labute approximate surface area is 212 Å². The molecule has 3 aliphatic rings. The molecule has 1 aromatic rings. The smallest absolute Gasteiger partial charge is 0.184 e. The van der Waals surface area contributed by atoms with Crippen LogP contribution < -0.4 is 4.74 Å². The molecule has 0 saturated heterocycles. The summed E-state index contributed by atoms with van der Waals surface area (Å²) in [5, 5.41) is 0.219. The standard InChI is InChI=1S/C31H46ClFO/c1-3-5-6-7-22-8-10-23(11-9-22)24-12-14-25(15-13-24)26-16-18-27(19-17-26)28-20-21-29(34-4-2)31(33)30(28)32/h18,20-26H,3-17,19H2,1-2H3. The zero-order valence-corrected chi connectivity index (χ0v) is 22.4. The minimum atomic E-state index is -0.419. The third-order valence-electron chi connectivity index (χ3n) is 9.40. The second-order valence-corrected chi connectivity index (χ2v) is 11.8. The van der Waals surface area contributed by atoms with Crippen molar-refractivity contribution in [2.45, 2.75) is 110 Å². The first-order valence-electron chi connectivity index (χ1n) is 14.4. The predicted octanol–water partition coefficient (Wildman–Crippen LogP) is 10.3. The van der Waals surface area contributed by atoms with E-state index >= 15 is 0 Å². The van der Waals surface area contributed by atoms with E-state index in [1.165, 1.54) is 89.0 Å². The highest BCUT2D eigenvalue weighted by Gasteiger charge is 2.34. The Morgan fingerprint density at radius 2 is 1.50 bits per heavy atom. The van der Waals surface area contributed by atoms with Crippen LogP contribution in [0.3, 0.4) is 0 Å². The van der Waals surface area contributed by atoms with Crippen LogP contribution in [0.15, 0.2) is 18.2 Å². The molecule has 1 aromatic carbocycles. The van der Waals surface area contributed by atoms with Gasteiger partial charge in [0.05, 0.1) is 11.6 Å². The molecule has 1 unspecified atom stereocenters. The van der Waals surface area contributed by atoms with Gasteiger partial charge in [0.15, 0.2) is 11.6 Å². The zero-order chi connectivity index (χ0) is 23.9. The fourth-order valence-corrected chi connectivity index (χ4v) is 7.57. The summed E-state index contributed by atoms with van der Waals surface area (Å²) in [6, 6.07) is 3.67. The third kappa shape index (κ3) is 6.40. The molecule has 4 rings (SSSR count). The molecule has 2 saturated carbocycles. The Kier molecular flexibility index (Phi) is 9.80. The van der Waals surface area contributed by atoms with Crippen molar-refractivity contribution in [1.29, 1.82) is 0 Å². The molecule has 1 atom stereocenters. The van der Waals surface area contributed by atoms with Crippen LogP contribution in [-0.4, -0.2) is 6.61 Å². The van der Waals surface area contributed by atoms with Crippen molar-refractivity contribution in [3.63, 3.8) is 0 Å². The largest absolute Gasteiger partial charge is 0.491 e. The number of rotatable bonds is 9. The molecule has 1 nitrogen and oxygen atoms in total. The summed E-state index contributed by atoms with van der Waals surface area (Å²) >= 11 is 6.39. The predicted molar refractivity (Wildman–Crippen MR) is 143 cm³/mol. The number of allylic oxidation sites excluding steroid dienone is 2. The van der Waals surface area contributed by atoms with E-state index in [0.717, 1.165) is 48.0 Å². The van der Waals surface area contributed by atoms with Crippen LogP contribution in [0.5, 0.6) is 5.75 Å². The SMILES string of the molecule is CCCCCC1CCC(C2CCC(C3CC=C(c4ccc(OCC)c(F)c4Cl)CC3)CC2)CC1. The fraction of sp³-hybridized carbons (Fsp3) is 0.742. The second-order valence-electron chi connectivity index (χ2n) is 11.4. The lowest BCUT2D eigenvalue weighted by Gasteiger charge is -2.40. The van der Waals surface area contributed by atoms with Crippen molar-refractivity contribution in [3.8, 4) is 5.75 Å². The van der Waals surface area contributed by atoms with E-state index in [0.29, 0.717) is 6.61 Å². The van der Waals surface area contributed by atoms with Crippen LogP contribution in [0.4, 0.5) is 4.39 Å². The Hall–Kier alpha value is -1.02. The van der Waals surface area contributed by atoms with E-state index in [1.54, 1.807) is 6.07 Å². The molecular weight excluding hydrogens is 443 g/mol. The van der Waals surface area contributed by atoms with Gasteiger partial charge in [0.1, 0.15) is 0 Å². The molecular formula is C31H46ClFO. The molecule has 2 fully saturated rings. The summed E-state index contributed by atoms with van der Waals surface area (Å²) in [5.74, 6) is 4.55. The van der Waals surface area contributed by atoms with Crippen molar-refractivity contribution in [2.24, 2.45) is 29.6 Å². The highest BCUT2D eigenvalue weighted by Crippen LogP contribution is 2.47. The molecule has 0 heterocycles. The van der Waals surface area contributed by atoms with Crippen LogP contribution in [0.2, 0.25) is 5.02 Å².